The van der Waals surface area contributed by atoms with Gasteiger partial charge in [-0.3, -0.25) is 0 Å². The van der Waals surface area contributed by atoms with E-state index in [9.17, 15) is 5.11 Å². The second-order valence-electron chi connectivity index (χ2n) is 4.32. The number of benzene rings is 1. The van der Waals surface area contributed by atoms with Gasteiger partial charge in [0.15, 0.2) is 0 Å². The standard InChI is InChI=1S/C13H19NO/c1-14-9-13(15)12-8-4-6-10-5-2-3-7-11(10)12/h2-3,5,7,12-15H,4,6,8-9H2,1H3. The minimum atomic E-state index is -0.253. The van der Waals surface area contributed by atoms with Gasteiger partial charge < -0.3 is 10.4 Å². The van der Waals surface area contributed by atoms with Crippen LogP contribution in [0.25, 0.3) is 0 Å². The second-order valence-corrected chi connectivity index (χ2v) is 4.32. The Kier molecular flexibility index (Phi) is 3.39. The lowest BCUT2D eigenvalue weighted by atomic mass is 9.80. The van der Waals surface area contributed by atoms with Crippen molar-refractivity contribution in [2.45, 2.75) is 31.3 Å². The summed E-state index contributed by atoms with van der Waals surface area (Å²) in [6, 6.07) is 8.51. The minimum Gasteiger partial charge on any atom is -0.391 e. The van der Waals surface area contributed by atoms with E-state index >= 15 is 0 Å². The van der Waals surface area contributed by atoms with Crippen LogP contribution in [0.1, 0.15) is 29.9 Å². The Bertz CT molecular complexity index is 324. The number of aliphatic hydroxyl groups is 1. The third-order valence-corrected chi connectivity index (χ3v) is 3.29. The molecule has 2 rings (SSSR count). The molecule has 0 saturated carbocycles. The van der Waals surface area contributed by atoms with Crippen molar-refractivity contribution in [3.8, 4) is 0 Å². The number of rotatable bonds is 3. The summed E-state index contributed by atoms with van der Waals surface area (Å²) in [6.45, 7) is 0.680. The summed E-state index contributed by atoms with van der Waals surface area (Å²) in [7, 11) is 1.89. The molecule has 0 radical (unpaired) electrons. The molecule has 2 nitrogen and oxygen atoms in total. The highest BCUT2D eigenvalue weighted by molar-refractivity contribution is 5.33. The number of hydrogen-bond donors (Lipinski definition) is 2. The van der Waals surface area contributed by atoms with Crippen molar-refractivity contribution in [1.82, 2.24) is 5.32 Å². The molecule has 2 unspecified atom stereocenters. The molecule has 0 aromatic heterocycles. The summed E-state index contributed by atoms with van der Waals surface area (Å²) < 4.78 is 0. The lowest BCUT2D eigenvalue weighted by molar-refractivity contribution is 0.134. The zero-order chi connectivity index (χ0) is 10.7. The van der Waals surface area contributed by atoms with Crippen molar-refractivity contribution in [2.24, 2.45) is 0 Å². The van der Waals surface area contributed by atoms with Crippen LogP contribution in [0.5, 0.6) is 0 Å². The molecule has 0 heterocycles. The summed E-state index contributed by atoms with van der Waals surface area (Å²) >= 11 is 0. The summed E-state index contributed by atoms with van der Waals surface area (Å²) in [4.78, 5) is 0. The molecule has 2 heteroatoms. The van der Waals surface area contributed by atoms with Crippen molar-refractivity contribution in [3.63, 3.8) is 0 Å². The SMILES string of the molecule is CNCC(O)C1CCCc2ccccc21. The Morgan fingerprint density at radius 2 is 2.27 bits per heavy atom. The molecule has 1 aromatic rings. The van der Waals surface area contributed by atoms with E-state index < -0.39 is 0 Å². The normalized spacial score (nSPS) is 22.1. The molecule has 0 spiro atoms. The predicted octanol–water partition coefficient (Wildman–Crippen LogP) is 1.69. The number of likely N-dealkylation sites (N-methyl/N-ethyl adjacent to an activating group) is 1. The largest absolute Gasteiger partial charge is 0.391 e. The first-order valence-electron chi connectivity index (χ1n) is 5.73. The van der Waals surface area contributed by atoms with Gasteiger partial charge in [-0.15, -0.1) is 0 Å². The molecule has 82 valence electrons. The molecular weight excluding hydrogens is 186 g/mol. The van der Waals surface area contributed by atoms with E-state index in [1.807, 2.05) is 7.05 Å². The first kappa shape index (κ1) is 10.7. The lowest BCUT2D eigenvalue weighted by Crippen LogP contribution is -2.31. The average molecular weight is 205 g/mol. The first-order chi connectivity index (χ1) is 7.33. The smallest absolute Gasteiger partial charge is 0.0732 e. The maximum absolute atomic E-state index is 10.1. The van der Waals surface area contributed by atoms with Gasteiger partial charge in [0, 0.05) is 12.5 Å². The van der Waals surface area contributed by atoms with Crippen LogP contribution in [0.4, 0.5) is 0 Å². The number of aryl methyl sites for hydroxylation is 1. The number of fused-ring (bicyclic) bond motifs is 1. The highest BCUT2D eigenvalue weighted by Crippen LogP contribution is 2.33. The summed E-state index contributed by atoms with van der Waals surface area (Å²) in [5.74, 6) is 0.322. The van der Waals surface area contributed by atoms with Crippen molar-refractivity contribution in [2.75, 3.05) is 13.6 Å². The maximum atomic E-state index is 10.1. The van der Waals surface area contributed by atoms with Crippen molar-refractivity contribution < 1.29 is 5.11 Å². The van der Waals surface area contributed by atoms with E-state index in [2.05, 4.69) is 29.6 Å². The predicted molar refractivity (Wildman–Crippen MR) is 62.1 cm³/mol. The summed E-state index contributed by atoms with van der Waals surface area (Å²) in [5, 5.41) is 13.1. The van der Waals surface area contributed by atoms with Crippen LogP contribution in [-0.2, 0) is 6.42 Å². The van der Waals surface area contributed by atoms with Gasteiger partial charge in [0.05, 0.1) is 6.10 Å². The van der Waals surface area contributed by atoms with Crippen molar-refractivity contribution in [1.29, 1.82) is 0 Å². The van der Waals surface area contributed by atoms with Crippen LogP contribution in [0, 0.1) is 0 Å². The van der Waals surface area contributed by atoms with Crippen LogP contribution < -0.4 is 5.32 Å². The van der Waals surface area contributed by atoms with E-state index in [-0.39, 0.29) is 6.10 Å². The van der Waals surface area contributed by atoms with Crippen molar-refractivity contribution >= 4 is 0 Å². The van der Waals surface area contributed by atoms with Gasteiger partial charge >= 0.3 is 0 Å². The Balaban J connectivity index is 2.21. The van der Waals surface area contributed by atoms with Crippen molar-refractivity contribution in [3.05, 3.63) is 35.4 Å². The number of aliphatic hydroxyl groups excluding tert-OH is 1. The van der Waals surface area contributed by atoms with Crippen LogP contribution in [-0.4, -0.2) is 24.8 Å². The van der Waals surface area contributed by atoms with Crippen LogP contribution >= 0.6 is 0 Å². The van der Waals surface area contributed by atoms with E-state index in [1.165, 1.54) is 24.0 Å². The Hall–Kier alpha value is -0.860. The molecule has 0 saturated heterocycles. The Morgan fingerprint density at radius 3 is 3.07 bits per heavy atom. The molecule has 2 N–H and O–H groups in total. The minimum absolute atomic E-state index is 0.253. The van der Waals surface area contributed by atoms with Gasteiger partial charge in [0.2, 0.25) is 0 Å². The van der Waals surface area contributed by atoms with Gasteiger partial charge in [0.1, 0.15) is 0 Å². The molecule has 1 aliphatic rings. The monoisotopic (exact) mass is 205 g/mol. The molecule has 2 atom stereocenters. The third kappa shape index (κ3) is 2.21. The fourth-order valence-electron chi connectivity index (χ4n) is 2.54. The topological polar surface area (TPSA) is 32.3 Å². The van der Waals surface area contributed by atoms with Crippen LogP contribution in [0.2, 0.25) is 0 Å². The maximum Gasteiger partial charge on any atom is 0.0732 e. The van der Waals surface area contributed by atoms with Crippen LogP contribution in [0.3, 0.4) is 0 Å². The number of nitrogens with one attached hydrogen (secondary N) is 1. The summed E-state index contributed by atoms with van der Waals surface area (Å²) in [6.07, 6.45) is 3.22. The van der Waals surface area contributed by atoms with E-state index in [4.69, 9.17) is 0 Å². The zero-order valence-corrected chi connectivity index (χ0v) is 9.24. The van der Waals surface area contributed by atoms with Gasteiger partial charge in [-0.1, -0.05) is 24.3 Å². The quantitative estimate of drug-likeness (QED) is 0.787. The molecular formula is C13H19NO. The molecule has 0 fully saturated rings. The third-order valence-electron chi connectivity index (χ3n) is 3.29. The van der Waals surface area contributed by atoms with E-state index in [1.54, 1.807) is 0 Å². The molecule has 0 amide bonds. The second kappa shape index (κ2) is 4.77. The number of hydrogen-bond acceptors (Lipinski definition) is 2. The zero-order valence-electron chi connectivity index (χ0n) is 9.24. The van der Waals surface area contributed by atoms with Crippen LogP contribution in [0.15, 0.2) is 24.3 Å². The molecule has 1 aromatic carbocycles. The van der Waals surface area contributed by atoms with Gasteiger partial charge in [-0.05, 0) is 37.4 Å². The van der Waals surface area contributed by atoms with Gasteiger partial charge in [-0.2, -0.15) is 0 Å². The first-order valence-corrected chi connectivity index (χ1v) is 5.73. The molecule has 0 bridgehead atoms. The van der Waals surface area contributed by atoms with Gasteiger partial charge in [-0.25, -0.2) is 0 Å². The molecule has 1 aliphatic carbocycles. The molecule has 0 aliphatic heterocycles. The Labute approximate surface area is 91.3 Å². The van der Waals surface area contributed by atoms with Gasteiger partial charge in [0.25, 0.3) is 0 Å². The highest BCUT2D eigenvalue weighted by atomic mass is 16.3. The average Bonchev–Trinajstić information content (AvgIpc) is 2.28. The highest BCUT2D eigenvalue weighted by Gasteiger charge is 2.25. The van der Waals surface area contributed by atoms with E-state index in [0.29, 0.717) is 12.5 Å². The molecule has 15 heavy (non-hydrogen) atoms. The summed E-state index contributed by atoms with van der Waals surface area (Å²) in [5.41, 5.74) is 2.77. The fraction of sp³-hybridized carbons (Fsp3) is 0.538. The Morgan fingerprint density at radius 1 is 1.47 bits per heavy atom. The fourth-order valence-corrected chi connectivity index (χ4v) is 2.54. The lowest BCUT2D eigenvalue weighted by Gasteiger charge is -2.29. The van der Waals surface area contributed by atoms with E-state index in [0.717, 1.165) is 6.42 Å².